The maximum absolute atomic E-state index is 15.1. The van der Waals surface area contributed by atoms with Gasteiger partial charge < -0.3 is 44.5 Å². The Morgan fingerprint density at radius 1 is 0.696 bits per heavy atom. The van der Waals surface area contributed by atoms with Crippen molar-refractivity contribution in [1.29, 1.82) is 5.26 Å². The Labute approximate surface area is 407 Å². The van der Waals surface area contributed by atoms with E-state index in [-0.39, 0.29) is 68.6 Å². The summed E-state index contributed by atoms with van der Waals surface area (Å²) in [5, 5.41) is 23.2. The van der Waals surface area contributed by atoms with Crippen LogP contribution in [0.3, 0.4) is 0 Å². The molecular formula is C51H75N9O9. The van der Waals surface area contributed by atoms with E-state index in [0.717, 1.165) is 21.4 Å². The number of esters is 1. The predicted molar refractivity (Wildman–Crippen MR) is 260 cm³/mol. The standard InChI is InChI=1S/C51H75N9O9/c1-29(2)21-38-48(64)57(11)34(10)51(67)68-44(19-16-20-52)47(63)55-40(23-31(5)6)50(66)58(12)42(24-32(7)8)45(61)54-39(22-30(3)4)49(65)59(13)43(46(62)53-38)26-35-27-60(28-36-25-33(9)69-56-36)41-18-15-14-17-37(35)41/h14-15,17-18,25,27,29-32,34,38-40,42-44H,16,19,21-24,26,28H2,1-13H3,(H,53,62)(H,54,61)(H,55,63)/t34-,38-,39-,40-,42-,43-,44+/m0/s1. The van der Waals surface area contributed by atoms with Crippen molar-refractivity contribution in [3.8, 4) is 6.07 Å². The molecule has 0 radical (unpaired) electrons. The molecular weight excluding hydrogens is 883 g/mol. The van der Waals surface area contributed by atoms with Crippen molar-refractivity contribution in [2.75, 3.05) is 21.1 Å². The third-order valence-electron chi connectivity index (χ3n) is 12.5. The lowest BCUT2D eigenvalue weighted by Gasteiger charge is -2.35. The molecule has 3 N–H and O–H groups in total. The molecule has 1 aliphatic heterocycles. The second-order valence-corrected chi connectivity index (χ2v) is 20.3. The maximum atomic E-state index is 15.1. The number of aromatic nitrogens is 2. The molecule has 0 saturated carbocycles. The van der Waals surface area contributed by atoms with Gasteiger partial charge in [-0.05, 0) is 74.8 Å². The zero-order valence-corrected chi connectivity index (χ0v) is 42.8. The molecule has 1 fully saturated rings. The van der Waals surface area contributed by atoms with Gasteiger partial charge in [-0.25, -0.2) is 4.79 Å². The monoisotopic (exact) mass is 958 g/mol. The summed E-state index contributed by atoms with van der Waals surface area (Å²) >= 11 is 0. The van der Waals surface area contributed by atoms with Gasteiger partial charge in [0.15, 0.2) is 6.10 Å². The molecule has 0 bridgehead atoms. The van der Waals surface area contributed by atoms with Gasteiger partial charge in [0.05, 0.1) is 12.6 Å². The topological polar surface area (TPSA) is 229 Å². The zero-order valence-electron chi connectivity index (χ0n) is 42.8. The van der Waals surface area contributed by atoms with Crippen molar-refractivity contribution in [1.82, 2.24) is 40.4 Å². The van der Waals surface area contributed by atoms with Gasteiger partial charge in [0, 0.05) is 63.6 Å². The molecule has 18 nitrogen and oxygen atoms in total. The highest BCUT2D eigenvalue weighted by molar-refractivity contribution is 5.98. The summed E-state index contributed by atoms with van der Waals surface area (Å²) in [5.74, 6) is -4.55. The first-order valence-electron chi connectivity index (χ1n) is 24.2. The number of benzene rings is 1. The van der Waals surface area contributed by atoms with Gasteiger partial charge in [-0.15, -0.1) is 0 Å². The molecule has 3 heterocycles. The summed E-state index contributed by atoms with van der Waals surface area (Å²) in [6.45, 7) is 18.7. The fourth-order valence-corrected chi connectivity index (χ4v) is 8.74. The number of para-hydroxylation sites is 1. The predicted octanol–water partition coefficient (Wildman–Crippen LogP) is 4.90. The lowest BCUT2D eigenvalue weighted by atomic mass is 9.96. The minimum Gasteiger partial charge on any atom is -0.451 e. The maximum Gasteiger partial charge on any atom is 0.329 e. The van der Waals surface area contributed by atoms with Gasteiger partial charge in [-0.2, -0.15) is 5.26 Å². The quantitative estimate of drug-likeness (QED) is 0.184. The molecule has 0 spiro atoms. The first-order chi connectivity index (χ1) is 32.4. The average Bonchev–Trinajstić information content (AvgIpc) is 3.86. The number of hydrogen-bond donors (Lipinski definition) is 3. The number of carbonyl (C=O) groups is 7. The van der Waals surface area contributed by atoms with Crippen LogP contribution in [0.5, 0.6) is 0 Å². The van der Waals surface area contributed by atoms with Gasteiger partial charge in [0.2, 0.25) is 29.5 Å². The Bertz CT molecular complexity index is 2330. The molecule has 1 saturated heterocycles. The zero-order chi connectivity index (χ0) is 51.4. The van der Waals surface area contributed by atoms with Crippen LogP contribution in [0.2, 0.25) is 0 Å². The number of amides is 6. The van der Waals surface area contributed by atoms with E-state index in [2.05, 4.69) is 21.1 Å². The van der Waals surface area contributed by atoms with E-state index >= 15 is 9.59 Å². The van der Waals surface area contributed by atoms with E-state index in [4.69, 9.17) is 9.26 Å². The Kier molecular flexibility index (Phi) is 19.9. The Morgan fingerprint density at radius 3 is 1.70 bits per heavy atom. The van der Waals surface area contributed by atoms with Gasteiger partial charge in [0.1, 0.15) is 47.7 Å². The van der Waals surface area contributed by atoms with Gasteiger partial charge in [-0.1, -0.05) is 78.7 Å². The van der Waals surface area contributed by atoms with Gasteiger partial charge in [0.25, 0.3) is 5.91 Å². The van der Waals surface area contributed by atoms with E-state index in [1.54, 1.807) is 6.92 Å². The third-order valence-corrected chi connectivity index (χ3v) is 12.5. The number of aryl methyl sites for hydroxylation is 1. The van der Waals surface area contributed by atoms with Crippen molar-refractivity contribution in [3.63, 3.8) is 0 Å². The van der Waals surface area contributed by atoms with Crippen LogP contribution in [0.15, 0.2) is 41.1 Å². The fraction of sp³-hybridized carbons (Fsp3) is 0.627. The molecule has 3 aromatic rings. The summed E-state index contributed by atoms with van der Waals surface area (Å²) in [6.07, 6.45) is 0.759. The number of nitrogens with zero attached hydrogens (tertiary/aromatic N) is 6. The normalized spacial score (nSPS) is 23.4. The lowest BCUT2D eigenvalue weighted by Crippen LogP contribution is -2.60. The minimum absolute atomic E-state index is 0.00149. The number of fused-ring (bicyclic) bond motifs is 1. The van der Waals surface area contributed by atoms with Crippen LogP contribution in [-0.4, -0.2) is 129 Å². The van der Waals surface area contributed by atoms with Crippen LogP contribution < -0.4 is 16.0 Å². The number of nitriles is 1. The average molecular weight is 958 g/mol. The molecule has 0 aliphatic carbocycles. The van der Waals surface area contributed by atoms with Crippen LogP contribution in [0.1, 0.15) is 118 Å². The smallest absolute Gasteiger partial charge is 0.329 e. The van der Waals surface area contributed by atoms with Crippen LogP contribution in [0.4, 0.5) is 0 Å². The molecule has 7 atom stereocenters. The first kappa shape index (κ1) is 55.3. The van der Waals surface area contributed by atoms with E-state index in [1.807, 2.05) is 103 Å². The number of rotatable bonds is 14. The van der Waals surface area contributed by atoms with Crippen molar-refractivity contribution >= 4 is 52.3 Å². The highest BCUT2D eigenvalue weighted by Crippen LogP contribution is 2.26. The molecule has 4 rings (SSSR count). The first-order valence-corrected chi connectivity index (χ1v) is 24.2. The molecule has 1 aliphatic rings. The summed E-state index contributed by atoms with van der Waals surface area (Å²) < 4.78 is 13.1. The van der Waals surface area contributed by atoms with Crippen LogP contribution in [0.25, 0.3) is 10.9 Å². The second-order valence-electron chi connectivity index (χ2n) is 20.3. The van der Waals surface area contributed by atoms with Gasteiger partial charge >= 0.3 is 5.97 Å². The Hall–Kier alpha value is -6.25. The third kappa shape index (κ3) is 14.9. The summed E-state index contributed by atoms with van der Waals surface area (Å²) in [4.78, 5) is 105. The molecule has 0 unspecified atom stereocenters. The number of carbonyl (C=O) groups excluding carboxylic acids is 7. The van der Waals surface area contributed by atoms with Crippen LogP contribution in [-0.2, 0) is 51.3 Å². The van der Waals surface area contributed by atoms with Crippen LogP contribution in [0, 0.1) is 41.9 Å². The summed E-state index contributed by atoms with van der Waals surface area (Å²) in [7, 11) is 4.38. The molecule has 2 aromatic heterocycles. The lowest BCUT2D eigenvalue weighted by molar-refractivity contribution is -0.163. The largest absolute Gasteiger partial charge is 0.451 e. The number of likely N-dealkylation sites (N-methyl/N-ethyl adjacent to an activating group) is 3. The molecule has 378 valence electrons. The van der Waals surface area contributed by atoms with E-state index in [0.29, 0.717) is 18.0 Å². The summed E-state index contributed by atoms with van der Waals surface area (Å²) in [5.41, 5.74) is 2.26. The van der Waals surface area contributed by atoms with Crippen molar-refractivity contribution < 1.29 is 42.8 Å². The van der Waals surface area contributed by atoms with Crippen molar-refractivity contribution in [2.24, 2.45) is 23.7 Å². The van der Waals surface area contributed by atoms with E-state index in [1.165, 1.54) is 37.9 Å². The molecule has 69 heavy (non-hydrogen) atoms. The number of ether oxygens (including phenoxy) is 1. The minimum atomic E-state index is -1.50. The number of cyclic esters (lactones) is 1. The Balaban J connectivity index is 1.92. The highest BCUT2D eigenvalue weighted by Gasteiger charge is 2.40. The number of nitrogens with one attached hydrogen (secondary N) is 3. The van der Waals surface area contributed by atoms with Gasteiger partial charge in [-0.3, -0.25) is 28.8 Å². The number of hydrogen-bond acceptors (Lipinski definition) is 11. The van der Waals surface area contributed by atoms with E-state index in [9.17, 15) is 29.2 Å². The molecule has 6 amide bonds. The Morgan fingerprint density at radius 2 is 1.19 bits per heavy atom. The van der Waals surface area contributed by atoms with Crippen molar-refractivity contribution in [2.45, 2.75) is 163 Å². The van der Waals surface area contributed by atoms with E-state index < -0.39 is 83.8 Å². The molecule has 1 aromatic carbocycles. The highest BCUT2D eigenvalue weighted by atomic mass is 16.5. The second kappa shape index (κ2) is 24.9. The molecule has 18 heteroatoms. The SMILES string of the molecule is Cc1cc(Cn2cc(C[C@H]3C(=O)N[C@@H](CC(C)C)C(=O)N(C)[C@@H](C)C(=O)O[C@H](CCC#N)C(=O)N[C@@H](CC(C)C)C(=O)N(C)[C@@H](CC(C)C)C(=O)N[C@@H](CC(C)C)C(=O)N3C)c3ccccc32)no1. The fourth-order valence-electron chi connectivity index (χ4n) is 8.74. The summed E-state index contributed by atoms with van der Waals surface area (Å²) in [6, 6.07) is 4.41. The van der Waals surface area contributed by atoms with Crippen LogP contribution >= 0.6 is 0 Å². The van der Waals surface area contributed by atoms with Crippen molar-refractivity contribution in [3.05, 3.63) is 53.5 Å².